The lowest BCUT2D eigenvalue weighted by Crippen LogP contribution is -2.65. The molecule has 8 bridgehead atoms. The van der Waals surface area contributed by atoms with E-state index < -0.39 is 0 Å². The maximum Gasteiger partial charge on any atom is 0.0157 e. The fourth-order valence-corrected chi connectivity index (χ4v) is 28.0. The van der Waals surface area contributed by atoms with Crippen LogP contribution in [0.1, 0.15) is 270 Å². The standard InChI is InChI=1S/C80H120N4/c1-77(2,3)49-31-47(32-50(37-49)78(4,5)6)67-59-27-29-61(81-59)73-54-26-24-44-22-20-41-15-13-17-45-35-55(72(54)70(44)65(41)45)57-40-64(84-76(57)73)68(48-33-51(79(7,8)9)38-52(34-48)80(10,11)12)60-28-30-62(82-60)74-58-36-46-18-14-16-42-19-21-43-23-25-53(71(58)69(43)66(42)46)56-39-63(67)83-75(56)74/h31-34,37-38,41-46,53-76,81-84H,13-30,35-36,39-40H2,1-12H3. The first-order chi connectivity index (χ1) is 40.1. The van der Waals surface area contributed by atoms with Gasteiger partial charge < -0.3 is 21.3 Å². The van der Waals surface area contributed by atoms with Crippen molar-refractivity contribution in [3.63, 3.8) is 0 Å². The highest BCUT2D eigenvalue weighted by atomic mass is 15.1. The summed E-state index contributed by atoms with van der Waals surface area (Å²) in [5, 5.41) is 20.1. The molecule has 30 atom stereocenters. The second-order valence-corrected chi connectivity index (χ2v) is 38.5. The molecule has 2 aromatic carbocycles. The van der Waals surface area contributed by atoms with Gasteiger partial charge in [0.2, 0.25) is 0 Å². The largest absolute Gasteiger partial charge is 0.310 e. The number of nitrogens with one attached hydrogen (secondary N) is 4. The summed E-state index contributed by atoms with van der Waals surface area (Å²) in [6, 6.07) is 21.0. The van der Waals surface area contributed by atoms with Crippen LogP contribution in [-0.2, 0) is 21.7 Å². The minimum atomic E-state index is 0.0993. The molecule has 460 valence electrons. The molecular weight excluding hydrogens is 1020 g/mol. The molecule has 2 aromatic rings. The van der Waals surface area contributed by atoms with Crippen molar-refractivity contribution >= 4 is 0 Å². The summed E-state index contributed by atoms with van der Waals surface area (Å²) in [7, 11) is 0. The van der Waals surface area contributed by atoms with Crippen molar-refractivity contribution in [3.8, 4) is 0 Å². The van der Waals surface area contributed by atoms with Crippen LogP contribution in [0.4, 0.5) is 0 Å². The van der Waals surface area contributed by atoms with E-state index >= 15 is 0 Å². The summed E-state index contributed by atoms with van der Waals surface area (Å²) in [6.07, 6.45) is 33.0. The van der Waals surface area contributed by atoms with Gasteiger partial charge in [0.1, 0.15) is 0 Å². The number of benzene rings is 2. The quantitative estimate of drug-likeness (QED) is 0.242. The molecule has 5 aliphatic heterocycles. The van der Waals surface area contributed by atoms with Gasteiger partial charge in [0.15, 0.2) is 0 Å². The Morgan fingerprint density at radius 3 is 1.07 bits per heavy atom. The molecule has 5 heterocycles. The van der Waals surface area contributed by atoms with Crippen LogP contribution in [0, 0.1) is 118 Å². The van der Waals surface area contributed by atoms with E-state index in [9.17, 15) is 0 Å². The lowest BCUT2D eigenvalue weighted by Gasteiger charge is -2.66. The van der Waals surface area contributed by atoms with Crippen molar-refractivity contribution in [2.75, 3.05) is 0 Å². The zero-order valence-corrected chi connectivity index (χ0v) is 55.3. The van der Waals surface area contributed by atoms with Gasteiger partial charge in [0.25, 0.3) is 0 Å². The fraction of sp³-hybridized carbons (Fsp3) is 0.850. The molecule has 0 radical (unpaired) electrons. The Kier molecular flexibility index (Phi) is 13.3. The summed E-state index contributed by atoms with van der Waals surface area (Å²) >= 11 is 0. The normalized spacial score (nSPS) is 50.6. The fourth-order valence-electron chi connectivity index (χ4n) is 28.0. The van der Waals surface area contributed by atoms with Crippen LogP contribution in [-0.4, -0.2) is 48.3 Å². The Bertz CT molecular complexity index is 2730. The second kappa shape index (κ2) is 19.9. The molecule has 15 aliphatic rings. The van der Waals surface area contributed by atoms with E-state index in [0.29, 0.717) is 60.2 Å². The molecule has 17 rings (SSSR count). The van der Waals surface area contributed by atoms with Gasteiger partial charge >= 0.3 is 0 Å². The van der Waals surface area contributed by atoms with E-state index in [0.717, 1.165) is 118 Å². The van der Waals surface area contributed by atoms with Crippen LogP contribution < -0.4 is 21.3 Å². The molecule has 10 aliphatic carbocycles. The van der Waals surface area contributed by atoms with E-state index in [2.05, 4.69) is 119 Å². The smallest absolute Gasteiger partial charge is 0.0157 e. The molecule has 4 N–H and O–H groups in total. The van der Waals surface area contributed by atoms with Crippen molar-refractivity contribution in [2.45, 2.75) is 306 Å². The molecule has 4 nitrogen and oxygen atoms in total. The highest BCUT2D eigenvalue weighted by Gasteiger charge is 2.69. The van der Waals surface area contributed by atoms with Crippen LogP contribution in [0.5, 0.6) is 0 Å². The predicted molar refractivity (Wildman–Crippen MR) is 347 cm³/mol. The Hall–Kier alpha value is -1.72. The van der Waals surface area contributed by atoms with E-state index in [1.807, 2.05) is 0 Å². The van der Waals surface area contributed by atoms with Gasteiger partial charge in [-0.15, -0.1) is 0 Å². The van der Waals surface area contributed by atoms with Gasteiger partial charge in [-0.05, 0) is 276 Å². The highest BCUT2D eigenvalue weighted by Crippen LogP contribution is 2.71. The summed E-state index contributed by atoms with van der Waals surface area (Å²) in [5.74, 6) is 19.7. The maximum atomic E-state index is 5.04. The third-order valence-electron chi connectivity index (χ3n) is 31.0. The molecule has 30 unspecified atom stereocenters. The number of rotatable bonds is 2. The number of hydrogen-bond acceptors (Lipinski definition) is 4. The Morgan fingerprint density at radius 1 is 0.262 bits per heavy atom. The van der Waals surface area contributed by atoms with Crippen LogP contribution in [0.2, 0.25) is 0 Å². The van der Waals surface area contributed by atoms with Crippen molar-refractivity contribution in [1.82, 2.24) is 21.3 Å². The first kappa shape index (κ1) is 56.3. The molecule has 10 saturated carbocycles. The average molecular weight is 1140 g/mol. The van der Waals surface area contributed by atoms with Crippen LogP contribution in [0.3, 0.4) is 0 Å². The predicted octanol–water partition coefficient (Wildman–Crippen LogP) is 17.2. The highest BCUT2D eigenvalue weighted by molar-refractivity contribution is 5.43. The van der Waals surface area contributed by atoms with Gasteiger partial charge in [-0.25, -0.2) is 0 Å². The van der Waals surface area contributed by atoms with E-state index in [4.69, 9.17) is 21.3 Å². The first-order valence-electron chi connectivity index (χ1n) is 37.5. The summed E-state index contributed by atoms with van der Waals surface area (Å²) < 4.78 is 0. The molecular formula is C80H120N4. The van der Waals surface area contributed by atoms with Crippen molar-refractivity contribution in [2.24, 2.45) is 118 Å². The van der Waals surface area contributed by atoms with Gasteiger partial charge in [-0.1, -0.05) is 158 Å². The number of hydrogen-bond donors (Lipinski definition) is 4. The van der Waals surface area contributed by atoms with E-state index in [1.165, 1.54) is 77.0 Å². The Labute approximate surface area is 512 Å². The maximum absolute atomic E-state index is 5.04. The van der Waals surface area contributed by atoms with Gasteiger partial charge in [-0.3, -0.25) is 0 Å². The van der Waals surface area contributed by atoms with Gasteiger partial charge in [0, 0.05) is 60.2 Å². The third-order valence-corrected chi connectivity index (χ3v) is 31.0. The minimum absolute atomic E-state index is 0.0993. The van der Waals surface area contributed by atoms with E-state index in [1.54, 1.807) is 97.6 Å². The Balaban J connectivity index is 0.845. The molecule has 0 aromatic heterocycles. The zero-order chi connectivity index (χ0) is 57.4. The van der Waals surface area contributed by atoms with Crippen molar-refractivity contribution in [3.05, 3.63) is 69.8 Å². The van der Waals surface area contributed by atoms with Gasteiger partial charge in [-0.2, -0.15) is 0 Å². The van der Waals surface area contributed by atoms with Crippen LogP contribution in [0.25, 0.3) is 0 Å². The van der Waals surface area contributed by atoms with Crippen LogP contribution in [0.15, 0.2) is 36.4 Å². The number of fused-ring (bicyclic) bond motifs is 12. The second-order valence-electron chi connectivity index (χ2n) is 38.5. The van der Waals surface area contributed by atoms with Gasteiger partial charge in [0.05, 0.1) is 0 Å². The van der Waals surface area contributed by atoms with Crippen LogP contribution >= 0.6 is 0 Å². The first-order valence-corrected chi connectivity index (χ1v) is 37.5. The zero-order valence-electron chi connectivity index (χ0n) is 55.3. The topological polar surface area (TPSA) is 48.1 Å². The SMILES string of the molecule is CC(C)(C)c1cc(C2C3CCC(N3)C3C4CC5CCCC6CCC7CCC(C8CC(NC83)C(c3cc(C(C)(C)C)cc(C(C)(C)C)c3)C3CCC(N3)C3C8CCC9CCC%10CCCC%11CC(C%12CC2NC%123)C8C9C%10%11)C4C7C65)cc(C(C)(C)C)c1. The average Bonchev–Trinajstić information content (AvgIpc) is 1.26. The summed E-state index contributed by atoms with van der Waals surface area (Å²) in [5.41, 5.74) is 10.1. The lowest BCUT2D eigenvalue weighted by atomic mass is 9.39. The molecule has 4 heteroatoms. The molecule has 84 heavy (non-hydrogen) atoms. The molecule has 0 spiro atoms. The summed E-state index contributed by atoms with van der Waals surface area (Å²) in [4.78, 5) is 0. The molecule has 15 fully saturated rings. The molecule has 5 saturated heterocycles. The molecule has 0 amide bonds. The Morgan fingerprint density at radius 2 is 0.619 bits per heavy atom. The summed E-state index contributed by atoms with van der Waals surface area (Å²) in [6.45, 7) is 30.1. The third kappa shape index (κ3) is 8.74. The minimum Gasteiger partial charge on any atom is -0.310 e. The van der Waals surface area contributed by atoms with Crippen molar-refractivity contribution in [1.29, 1.82) is 0 Å². The van der Waals surface area contributed by atoms with Crippen molar-refractivity contribution < 1.29 is 0 Å². The lowest BCUT2D eigenvalue weighted by molar-refractivity contribution is -0.171. The monoisotopic (exact) mass is 1140 g/mol. The van der Waals surface area contributed by atoms with E-state index in [-0.39, 0.29) is 21.7 Å².